The first kappa shape index (κ1) is 20.8. The van der Waals surface area contributed by atoms with Crippen LogP contribution in [0, 0.1) is 0 Å². The van der Waals surface area contributed by atoms with Crippen molar-refractivity contribution in [1.29, 1.82) is 0 Å². The Balaban J connectivity index is 2.06. The number of nitrogens with zero attached hydrogens (tertiary/aromatic N) is 1. The quantitative estimate of drug-likeness (QED) is 0.493. The molecule has 3 rings (SSSR count). The number of carbonyl (C=O) groups is 1. The van der Waals surface area contributed by atoms with Crippen LogP contribution in [0.3, 0.4) is 0 Å². The molecule has 1 aromatic carbocycles. The number of fused-ring (bicyclic) bond motifs is 1. The van der Waals surface area contributed by atoms with Crippen LogP contribution in [0.4, 0.5) is 0 Å². The minimum atomic E-state index is -0.146. The smallest absolute Gasteiger partial charge is 0.287 e. The molecule has 1 aromatic heterocycles. The van der Waals surface area contributed by atoms with Gasteiger partial charge in [-0.25, -0.2) is 0 Å². The standard InChI is InChI=1S/C25H30N2O2/c1-5-8-20(16-27-17(4)6-2)23-15-22-21(13-14-26-25(28)24(22)29-23)19-11-9-18(7-3)10-12-19/h5,8-12,15-16,21H,6-7,13-14H2,1-4H3,(H,26,28). The Morgan fingerprint density at radius 2 is 2.03 bits per heavy atom. The van der Waals surface area contributed by atoms with E-state index in [9.17, 15) is 4.79 Å². The molecule has 1 unspecified atom stereocenters. The van der Waals surface area contributed by atoms with Gasteiger partial charge in [-0.05, 0) is 50.3 Å². The van der Waals surface area contributed by atoms with Crippen LogP contribution in [0.2, 0.25) is 0 Å². The van der Waals surface area contributed by atoms with E-state index >= 15 is 0 Å². The number of aliphatic imine (C=N–C) groups is 1. The predicted molar refractivity (Wildman–Crippen MR) is 120 cm³/mol. The highest BCUT2D eigenvalue weighted by atomic mass is 16.4. The second kappa shape index (κ2) is 9.55. The van der Waals surface area contributed by atoms with Crippen LogP contribution in [-0.2, 0) is 6.42 Å². The maximum Gasteiger partial charge on any atom is 0.287 e. The zero-order chi connectivity index (χ0) is 20.8. The molecule has 1 aliphatic rings. The van der Waals surface area contributed by atoms with Crippen molar-refractivity contribution in [1.82, 2.24) is 5.32 Å². The van der Waals surface area contributed by atoms with Crippen molar-refractivity contribution in [3.8, 4) is 0 Å². The minimum absolute atomic E-state index is 0.125. The lowest BCUT2D eigenvalue weighted by Crippen LogP contribution is -2.22. The fourth-order valence-electron chi connectivity index (χ4n) is 3.52. The first-order chi connectivity index (χ1) is 14.1. The van der Waals surface area contributed by atoms with E-state index in [0.717, 1.165) is 36.1 Å². The summed E-state index contributed by atoms with van der Waals surface area (Å²) in [6, 6.07) is 10.7. The lowest BCUT2D eigenvalue weighted by Gasteiger charge is -2.14. The number of hydrogen-bond donors (Lipinski definition) is 1. The summed E-state index contributed by atoms with van der Waals surface area (Å²) >= 11 is 0. The maximum atomic E-state index is 12.6. The van der Waals surface area contributed by atoms with Crippen LogP contribution in [-0.4, -0.2) is 18.2 Å². The van der Waals surface area contributed by atoms with Crippen molar-refractivity contribution in [3.05, 3.63) is 76.9 Å². The van der Waals surface area contributed by atoms with Crippen LogP contribution in [0.25, 0.3) is 5.57 Å². The zero-order valence-corrected chi connectivity index (χ0v) is 17.8. The Bertz CT molecular complexity index is 946. The van der Waals surface area contributed by atoms with Gasteiger partial charge in [-0.15, -0.1) is 0 Å². The molecule has 4 nitrogen and oxygen atoms in total. The minimum Gasteiger partial charge on any atom is -0.451 e. The second-order valence-corrected chi connectivity index (χ2v) is 7.39. The Morgan fingerprint density at radius 1 is 1.28 bits per heavy atom. The molecule has 0 bridgehead atoms. The molecule has 0 spiro atoms. The summed E-state index contributed by atoms with van der Waals surface area (Å²) < 4.78 is 6.07. The zero-order valence-electron chi connectivity index (χ0n) is 17.8. The van der Waals surface area contributed by atoms with E-state index in [2.05, 4.69) is 48.4 Å². The van der Waals surface area contributed by atoms with E-state index in [1.165, 1.54) is 11.1 Å². The van der Waals surface area contributed by atoms with Gasteiger partial charge < -0.3 is 9.73 Å². The highest BCUT2D eigenvalue weighted by Crippen LogP contribution is 2.36. The van der Waals surface area contributed by atoms with Gasteiger partial charge in [-0.3, -0.25) is 9.79 Å². The third-order valence-corrected chi connectivity index (χ3v) is 5.42. The molecule has 0 aliphatic carbocycles. The maximum absolute atomic E-state index is 12.6. The van der Waals surface area contributed by atoms with E-state index in [1.54, 1.807) is 0 Å². The average molecular weight is 391 g/mol. The summed E-state index contributed by atoms with van der Waals surface area (Å²) in [4.78, 5) is 17.1. The molecule has 2 heterocycles. The lowest BCUT2D eigenvalue weighted by atomic mass is 9.88. The lowest BCUT2D eigenvalue weighted by molar-refractivity contribution is 0.0928. The number of amides is 1. The summed E-state index contributed by atoms with van der Waals surface area (Å²) in [5, 5.41) is 2.97. The van der Waals surface area contributed by atoms with Gasteiger partial charge in [-0.1, -0.05) is 50.3 Å². The molecular formula is C25H30N2O2. The Kier molecular flexibility index (Phi) is 6.86. The molecule has 4 heteroatoms. The topological polar surface area (TPSA) is 54.6 Å². The average Bonchev–Trinajstić information content (AvgIpc) is 3.12. The third kappa shape index (κ3) is 4.76. The van der Waals surface area contributed by atoms with E-state index in [1.807, 2.05) is 38.3 Å². The highest BCUT2D eigenvalue weighted by molar-refractivity contribution is 5.94. The van der Waals surface area contributed by atoms with Crippen molar-refractivity contribution in [2.45, 2.75) is 52.9 Å². The van der Waals surface area contributed by atoms with E-state index < -0.39 is 0 Å². The van der Waals surface area contributed by atoms with Gasteiger partial charge in [0.05, 0.1) is 0 Å². The molecule has 1 atom stereocenters. The number of carbonyl (C=O) groups excluding carboxylic acids is 1. The van der Waals surface area contributed by atoms with Gasteiger partial charge in [-0.2, -0.15) is 0 Å². The van der Waals surface area contributed by atoms with Gasteiger partial charge in [0.25, 0.3) is 5.91 Å². The summed E-state index contributed by atoms with van der Waals surface area (Å²) in [5.41, 5.74) is 5.38. The monoisotopic (exact) mass is 390 g/mol. The van der Waals surface area contributed by atoms with Gasteiger partial charge >= 0.3 is 0 Å². The molecule has 1 aliphatic heterocycles. The Morgan fingerprint density at radius 3 is 2.69 bits per heavy atom. The van der Waals surface area contributed by atoms with Crippen LogP contribution in [0.1, 0.15) is 79.5 Å². The third-order valence-electron chi connectivity index (χ3n) is 5.42. The first-order valence-corrected chi connectivity index (χ1v) is 10.4. The molecule has 152 valence electrons. The summed E-state index contributed by atoms with van der Waals surface area (Å²) in [7, 11) is 0. The van der Waals surface area contributed by atoms with E-state index in [4.69, 9.17) is 4.42 Å². The van der Waals surface area contributed by atoms with Crippen LogP contribution >= 0.6 is 0 Å². The molecule has 29 heavy (non-hydrogen) atoms. The van der Waals surface area contributed by atoms with Crippen molar-refractivity contribution in [3.63, 3.8) is 0 Å². The number of rotatable bonds is 6. The predicted octanol–water partition coefficient (Wildman–Crippen LogP) is 5.90. The molecule has 0 saturated heterocycles. The molecule has 2 aromatic rings. The van der Waals surface area contributed by atoms with Crippen LogP contribution in [0.15, 0.2) is 58.1 Å². The fourth-order valence-corrected chi connectivity index (χ4v) is 3.52. The van der Waals surface area contributed by atoms with Crippen LogP contribution < -0.4 is 5.32 Å². The van der Waals surface area contributed by atoms with E-state index in [0.29, 0.717) is 18.1 Å². The first-order valence-electron chi connectivity index (χ1n) is 10.4. The molecule has 0 radical (unpaired) electrons. The number of benzene rings is 1. The Hall–Kier alpha value is -2.88. The number of hydrogen-bond acceptors (Lipinski definition) is 3. The number of aryl methyl sites for hydroxylation is 1. The van der Waals surface area contributed by atoms with Gasteiger partial charge in [0, 0.05) is 35.5 Å². The normalized spacial score (nSPS) is 17.9. The SMILES string of the molecule is CC=CC(=CN=C(C)CC)c1cc2c(o1)C(=O)NCCC2c1ccc(CC)cc1. The number of furan rings is 1. The van der Waals surface area contributed by atoms with Crippen molar-refractivity contribution in [2.75, 3.05) is 6.54 Å². The number of nitrogens with one attached hydrogen (secondary N) is 1. The summed E-state index contributed by atoms with van der Waals surface area (Å²) in [6.45, 7) is 8.83. The largest absolute Gasteiger partial charge is 0.451 e. The molecular weight excluding hydrogens is 360 g/mol. The summed E-state index contributed by atoms with van der Waals surface area (Å²) in [5.74, 6) is 1.06. The fraction of sp³-hybridized carbons (Fsp3) is 0.360. The van der Waals surface area contributed by atoms with Gasteiger partial charge in [0.2, 0.25) is 0 Å². The number of allylic oxidation sites excluding steroid dienone is 3. The molecule has 0 saturated carbocycles. The van der Waals surface area contributed by atoms with Gasteiger partial charge in [0.15, 0.2) is 5.76 Å². The van der Waals surface area contributed by atoms with Crippen molar-refractivity contribution in [2.24, 2.45) is 4.99 Å². The highest BCUT2D eigenvalue weighted by Gasteiger charge is 2.29. The molecule has 1 amide bonds. The van der Waals surface area contributed by atoms with E-state index in [-0.39, 0.29) is 11.8 Å². The molecule has 1 N–H and O–H groups in total. The van der Waals surface area contributed by atoms with Gasteiger partial charge in [0.1, 0.15) is 5.76 Å². The van der Waals surface area contributed by atoms with Crippen molar-refractivity contribution < 1.29 is 9.21 Å². The van der Waals surface area contributed by atoms with Crippen molar-refractivity contribution >= 4 is 17.2 Å². The Labute approximate surface area is 173 Å². The second-order valence-electron chi connectivity index (χ2n) is 7.39. The van der Waals surface area contributed by atoms with Crippen LogP contribution in [0.5, 0.6) is 0 Å². The summed E-state index contributed by atoms with van der Waals surface area (Å²) in [6.07, 6.45) is 8.50. The molecule has 0 fully saturated rings.